The van der Waals surface area contributed by atoms with Gasteiger partial charge in [0.15, 0.2) is 0 Å². The van der Waals surface area contributed by atoms with Crippen LogP contribution in [0.2, 0.25) is 0 Å². The minimum atomic E-state index is 0. The quantitative estimate of drug-likeness (QED) is 0.126. The van der Waals surface area contributed by atoms with E-state index in [2.05, 4.69) is 466 Å². The van der Waals surface area contributed by atoms with Crippen LogP contribution in [0.25, 0.3) is 262 Å². The van der Waals surface area contributed by atoms with Gasteiger partial charge in [0.25, 0.3) is 0 Å². The molecule has 31 rings (SSSR count). The second kappa shape index (κ2) is 35.5. The maximum absolute atomic E-state index is 5.18. The van der Waals surface area contributed by atoms with Crippen LogP contribution in [0.3, 0.4) is 0 Å². The zero-order chi connectivity index (χ0) is 95.5. The van der Waals surface area contributed by atoms with Crippen LogP contribution in [-0.4, -0.2) is 71.0 Å². The van der Waals surface area contributed by atoms with Crippen LogP contribution in [0.4, 0.5) is 0 Å². The number of fused-ring (bicyclic) bond motifs is 24. The maximum atomic E-state index is 5.18. The third kappa shape index (κ3) is 14.4. The standard InChI is InChI=1S/C47H31N5.2C41H27N5.3Pt/c1-50-42-19-7-5-17-40(42)48-46(50)31-12-9-13-34(27-31)52-44-28-32(47-49-41-18-6-8-20-43(41)51(47)2)22-24-38(44)39-16-10-15-37(45(39)52)30-21-23-36-33(26-30)25-29-11-3-4-14-35(29)36;1-44-37-17-8-6-15-34(37)42-40(44)26-11-9-12-29(21-26)46-36-16-7-5-14-31(36)32-19-18-27(23-38(32)46)41-43-35-22-28-20-25-10-3-4-13-30(25)33(28)24-39(35)45(41)2;1-44-37-17-8-6-15-34(37)42-40(44)26-11-9-12-29(21-26)46-36-16-7-5-14-31(36)32-19-18-27(22-38(32)46)41-43-35-24-33-28(23-39(35)45(41)2)20-25-10-3-4-13-30(25)33;;;/h3-24,26H,25H2,1-2H3;3-19,22,24H,20H2,1-2H3;3-19,23-24H,20H2,1-2H3;;;/q3*-2;3*+2. The Bertz CT molecular complexity index is 10100. The summed E-state index contributed by atoms with van der Waals surface area (Å²) >= 11 is 0. The second-order valence-corrected chi connectivity index (χ2v) is 38.3. The number of rotatable bonds is 10. The van der Waals surface area contributed by atoms with E-state index in [4.69, 9.17) is 29.9 Å². The molecule has 0 unspecified atom stereocenters. The molecule has 0 N–H and O–H groups in total. The summed E-state index contributed by atoms with van der Waals surface area (Å²) in [5, 5.41) is 6.97. The number of benzene rings is 19. The summed E-state index contributed by atoms with van der Waals surface area (Å²) in [5.41, 5.74) is 46.0. The summed E-state index contributed by atoms with van der Waals surface area (Å²) < 4.78 is 19.9. The Morgan fingerprint density at radius 1 is 0.190 bits per heavy atom. The fourth-order valence-electron chi connectivity index (χ4n) is 23.3. The molecule has 0 spiro atoms. The van der Waals surface area contributed by atoms with Crippen molar-refractivity contribution >= 4 is 132 Å². The van der Waals surface area contributed by atoms with Crippen LogP contribution in [0.5, 0.6) is 0 Å². The fraction of sp³-hybridized carbons (Fsp3) is 0.0698. The number of para-hydroxylation sites is 11. The van der Waals surface area contributed by atoms with Crippen LogP contribution in [0.15, 0.2) is 370 Å². The van der Waals surface area contributed by atoms with Gasteiger partial charge in [0.2, 0.25) is 0 Å². The van der Waals surface area contributed by atoms with Crippen molar-refractivity contribution in [3.8, 4) is 130 Å². The summed E-state index contributed by atoms with van der Waals surface area (Å²) in [4.78, 5) is 30.3. The van der Waals surface area contributed by atoms with E-state index in [-0.39, 0.29) is 63.2 Å². The molecule has 0 fully saturated rings. The molecule has 0 saturated carbocycles. The Morgan fingerprint density at radius 3 is 0.925 bits per heavy atom. The van der Waals surface area contributed by atoms with E-state index in [1.165, 1.54) is 94.0 Å². The molecule has 0 atom stereocenters. The van der Waals surface area contributed by atoms with Crippen molar-refractivity contribution in [2.75, 3.05) is 0 Å². The molecule has 0 amide bonds. The molecule has 706 valence electrons. The third-order valence-electron chi connectivity index (χ3n) is 30.2. The van der Waals surface area contributed by atoms with Crippen molar-refractivity contribution < 1.29 is 63.2 Å². The van der Waals surface area contributed by atoms with Crippen molar-refractivity contribution in [2.24, 2.45) is 42.3 Å². The number of imidazole rings is 6. The zero-order valence-electron chi connectivity index (χ0n) is 80.5. The van der Waals surface area contributed by atoms with Gasteiger partial charge in [-0.3, -0.25) is 29.9 Å². The topological polar surface area (TPSA) is 122 Å². The van der Waals surface area contributed by atoms with E-state index in [0.717, 1.165) is 220 Å². The van der Waals surface area contributed by atoms with E-state index in [1.54, 1.807) is 0 Å². The van der Waals surface area contributed by atoms with Crippen molar-refractivity contribution in [1.29, 1.82) is 0 Å². The molecule has 15 nitrogen and oxygen atoms in total. The van der Waals surface area contributed by atoms with E-state index in [1.807, 2.05) is 24.3 Å². The second-order valence-electron chi connectivity index (χ2n) is 38.3. The number of hydrogen-bond acceptors (Lipinski definition) is 6. The van der Waals surface area contributed by atoms with Crippen LogP contribution in [0, 0.1) is 36.4 Å². The summed E-state index contributed by atoms with van der Waals surface area (Å²) in [5.74, 6) is 5.36. The van der Waals surface area contributed by atoms with Gasteiger partial charge in [-0.1, -0.05) is 210 Å². The van der Waals surface area contributed by atoms with Gasteiger partial charge in [0.1, 0.15) is 0 Å². The molecule has 0 saturated heterocycles. The molecule has 0 aliphatic heterocycles. The first-order valence-corrected chi connectivity index (χ1v) is 48.9. The number of hydrogen-bond donors (Lipinski definition) is 0. The Morgan fingerprint density at radius 2 is 0.490 bits per heavy atom. The van der Waals surface area contributed by atoms with Gasteiger partial charge in [0.05, 0.1) is 101 Å². The number of aryl methyl sites for hydroxylation is 6. The first kappa shape index (κ1) is 90.5. The van der Waals surface area contributed by atoms with Gasteiger partial charge in [-0.2, -0.15) is 0 Å². The van der Waals surface area contributed by atoms with E-state index in [0.29, 0.717) is 0 Å². The molecular formula is C129H85N15Pt3. The smallest absolute Gasteiger partial charge is 0.367 e. The largest absolute Gasteiger partial charge is 2.00 e. The Hall–Kier alpha value is -16.5. The monoisotopic (exact) mass is 2430 g/mol. The average Bonchev–Trinajstić information content (AvgIpc) is 1.60. The zero-order valence-corrected chi connectivity index (χ0v) is 87.3. The molecule has 0 radical (unpaired) electrons. The minimum Gasteiger partial charge on any atom is -0.367 e. The Kier molecular flexibility index (Phi) is 21.8. The van der Waals surface area contributed by atoms with E-state index < -0.39 is 0 Å². The van der Waals surface area contributed by atoms with Crippen LogP contribution >= 0.6 is 0 Å². The SMILES string of the molecule is Cn1c(-c2[c-]c(-n3c4[c-]c(-c5nc6cc7c(cc6n5C)-c5ccccc5C7)ccc4c4ccccc43)ccc2)nc2ccccc21.Cn1c(-c2[c-]c(-n3c4[c-]c(-c5nc6cc7c(cc6n5C)Cc5ccccc5-7)ccc4c4ccccc43)ccc2)nc2ccccc21.Cn1c(-c2[c-]c(-n3c4[c-]c(-c5nc6ccccc6n5C)ccc4c4cccc(-c5ccc6c(c5)Cc5ccccc5-6)c43)ccc2)nc2ccccc21.[Pt+2].[Pt+2].[Pt+2]. The van der Waals surface area contributed by atoms with Crippen molar-refractivity contribution in [1.82, 2.24) is 71.0 Å². The predicted molar refractivity (Wildman–Crippen MR) is 584 cm³/mol. The minimum absolute atomic E-state index is 0. The molecular weight excluding hydrogens is 2340 g/mol. The van der Waals surface area contributed by atoms with Gasteiger partial charge in [-0.25, -0.2) is 0 Å². The summed E-state index contributed by atoms with van der Waals surface area (Å²) in [6.45, 7) is 0. The van der Waals surface area contributed by atoms with Crippen LogP contribution in [-0.2, 0) is 125 Å². The Balaban J connectivity index is 0.000000111. The maximum Gasteiger partial charge on any atom is 2.00 e. The van der Waals surface area contributed by atoms with E-state index in [9.17, 15) is 0 Å². The third-order valence-corrected chi connectivity index (χ3v) is 30.2. The van der Waals surface area contributed by atoms with Crippen LogP contribution < -0.4 is 0 Å². The molecule has 0 bridgehead atoms. The Labute approximate surface area is 889 Å². The van der Waals surface area contributed by atoms with Gasteiger partial charge in [-0.05, 0) is 226 Å². The molecule has 18 heteroatoms. The number of aromatic nitrogens is 15. The van der Waals surface area contributed by atoms with Gasteiger partial charge in [-0.15, -0.1) is 161 Å². The van der Waals surface area contributed by atoms with Crippen molar-refractivity contribution in [2.45, 2.75) is 19.3 Å². The first-order chi connectivity index (χ1) is 70.8. The molecule has 9 aromatic heterocycles. The van der Waals surface area contributed by atoms with E-state index >= 15 is 0 Å². The van der Waals surface area contributed by atoms with Gasteiger partial charge < -0.3 is 41.1 Å². The molecule has 19 aromatic carbocycles. The summed E-state index contributed by atoms with van der Waals surface area (Å²) in [6, 6.07) is 154. The first-order valence-electron chi connectivity index (χ1n) is 48.9. The molecule has 147 heavy (non-hydrogen) atoms. The summed E-state index contributed by atoms with van der Waals surface area (Å²) in [6.07, 6.45) is 2.86. The van der Waals surface area contributed by atoms with Crippen molar-refractivity contribution in [3.63, 3.8) is 0 Å². The summed E-state index contributed by atoms with van der Waals surface area (Å²) in [7, 11) is 12.5. The van der Waals surface area contributed by atoms with Gasteiger partial charge in [0, 0.05) is 64.4 Å². The molecule has 3 aliphatic carbocycles. The molecule has 3 aliphatic rings. The van der Waals surface area contributed by atoms with Gasteiger partial charge >= 0.3 is 63.2 Å². The average molecular weight is 2430 g/mol. The fourth-order valence-corrected chi connectivity index (χ4v) is 23.3. The number of nitrogens with zero attached hydrogens (tertiary/aromatic N) is 15. The molecule has 9 heterocycles. The van der Waals surface area contributed by atoms with Crippen LogP contribution in [0.1, 0.15) is 33.4 Å². The predicted octanol–water partition coefficient (Wildman–Crippen LogP) is 28.8. The molecule has 28 aromatic rings. The van der Waals surface area contributed by atoms with Crippen molar-refractivity contribution in [3.05, 3.63) is 440 Å². The normalized spacial score (nSPS) is 12.2.